The lowest BCUT2D eigenvalue weighted by Crippen LogP contribution is -2.54. The molecular formula is C11H22N2O2. The van der Waals surface area contributed by atoms with E-state index in [9.17, 15) is 5.11 Å². The molecule has 0 aromatic carbocycles. The van der Waals surface area contributed by atoms with Gasteiger partial charge in [0.15, 0.2) is 0 Å². The first-order chi connectivity index (χ1) is 7.29. The Labute approximate surface area is 91.8 Å². The molecule has 2 atom stereocenters. The van der Waals surface area contributed by atoms with Crippen LogP contribution in [0.2, 0.25) is 0 Å². The Kier molecular flexibility index (Phi) is 3.97. The number of aliphatic hydroxyl groups is 1. The summed E-state index contributed by atoms with van der Waals surface area (Å²) >= 11 is 0. The lowest BCUT2D eigenvalue weighted by atomic mass is 10.1. The van der Waals surface area contributed by atoms with Gasteiger partial charge >= 0.3 is 0 Å². The SMILES string of the molecule is CN1CCN(CC2CCCO2)CC1CO. The van der Waals surface area contributed by atoms with Gasteiger partial charge in [-0.05, 0) is 19.9 Å². The van der Waals surface area contributed by atoms with E-state index < -0.39 is 0 Å². The molecular weight excluding hydrogens is 192 g/mol. The molecule has 2 unspecified atom stereocenters. The Morgan fingerprint density at radius 1 is 1.40 bits per heavy atom. The first kappa shape index (κ1) is 11.3. The maximum Gasteiger partial charge on any atom is 0.0702 e. The van der Waals surface area contributed by atoms with Crippen LogP contribution < -0.4 is 0 Å². The van der Waals surface area contributed by atoms with Crippen molar-refractivity contribution in [3.05, 3.63) is 0 Å². The van der Waals surface area contributed by atoms with Gasteiger partial charge < -0.3 is 9.84 Å². The van der Waals surface area contributed by atoms with Gasteiger partial charge in [-0.2, -0.15) is 0 Å². The predicted molar refractivity (Wildman–Crippen MR) is 58.9 cm³/mol. The monoisotopic (exact) mass is 214 g/mol. The van der Waals surface area contributed by atoms with Crippen LogP contribution in [-0.2, 0) is 4.74 Å². The molecule has 0 amide bonds. The summed E-state index contributed by atoms with van der Waals surface area (Å²) in [6.07, 6.45) is 2.85. The van der Waals surface area contributed by atoms with Crippen LogP contribution in [0.25, 0.3) is 0 Å². The zero-order valence-electron chi connectivity index (χ0n) is 9.56. The zero-order chi connectivity index (χ0) is 10.7. The fraction of sp³-hybridized carbons (Fsp3) is 1.00. The van der Waals surface area contributed by atoms with Crippen molar-refractivity contribution in [2.45, 2.75) is 25.0 Å². The van der Waals surface area contributed by atoms with Crippen LogP contribution in [0.3, 0.4) is 0 Å². The Hall–Kier alpha value is -0.160. The van der Waals surface area contributed by atoms with Gasteiger partial charge in [0.1, 0.15) is 0 Å². The fourth-order valence-corrected chi connectivity index (χ4v) is 2.45. The van der Waals surface area contributed by atoms with E-state index in [1.165, 1.54) is 12.8 Å². The summed E-state index contributed by atoms with van der Waals surface area (Å²) in [5.41, 5.74) is 0. The van der Waals surface area contributed by atoms with E-state index in [1.807, 2.05) is 0 Å². The minimum atomic E-state index is 0.262. The van der Waals surface area contributed by atoms with Crippen molar-refractivity contribution in [1.29, 1.82) is 0 Å². The molecule has 0 aliphatic carbocycles. The van der Waals surface area contributed by atoms with Crippen LogP contribution in [0.1, 0.15) is 12.8 Å². The van der Waals surface area contributed by atoms with Crippen LogP contribution in [0.5, 0.6) is 0 Å². The van der Waals surface area contributed by atoms with Crippen LogP contribution in [-0.4, -0.2) is 73.5 Å². The largest absolute Gasteiger partial charge is 0.395 e. The molecule has 0 aromatic rings. The third-order valence-electron chi connectivity index (χ3n) is 3.56. The summed E-state index contributed by atoms with van der Waals surface area (Å²) in [4.78, 5) is 4.67. The van der Waals surface area contributed by atoms with E-state index in [-0.39, 0.29) is 6.61 Å². The molecule has 0 aromatic heterocycles. The fourth-order valence-electron chi connectivity index (χ4n) is 2.45. The summed E-state index contributed by atoms with van der Waals surface area (Å²) in [5, 5.41) is 9.24. The van der Waals surface area contributed by atoms with Gasteiger partial charge in [0.05, 0.1) is 12.7 Å². The second kappa shape index (κ2) is 5.25. The van der Waals surface area contributed by atoms with Gasteiger partial charge in [-0.25, -0.2) is 0 Å². The van der Waals surface area contributed by atoms with Crippen molar-refractivity contribution in [2.24, 2.45) is 0 Å². The summed E-state index contributed by atoms with van der Waals surface area (Å²) in [7, 11) is 2.09. The number of aliphatic hydroxyl groups excluding tert-OH is 1. The lowest BCUT2D eigenvalue weighted by molar-refractivity contribution is 0.0205. The Morgan fingerprint density at radius 2 is 2.27 bits per heavy atom. The number of likely N-dealkylation sites (N-methyl/N-ethyl adjacent to an activating group) is 1. The Balaban J connectivity index is 1.78. The molecule has 2 aliphatic heterocycles. The van der Waals surface area contributed by atoms with Crippen molar-refractivity contribution in [2.75, 3.05) is 46.4 Å². The van der Waals surface area contributed by atoms with Crippen LogP contribution in [0.15, 0.2) is 0 Å². The molecule has 2 fully saturated rings. The second-order valence-corrected chi connectivity index (χ2v) is 4.71. The van der Waals surface area contributed by atoms with E-state index in [0.717, 1.165) is 32.8 Å². The molecule has 2 heterocycles. The van der Waals surface area contributed by atoms with Crippen molar-refractivity contribution in [3.63, 3.8) is 0 Å². The third kappa shape index (κ3) is 2.91. The molecule has 0 spiro atoms. The van der Waals surface area contributed by atoms with Crippen molar-refractivity contribution in [1.82, 2.24) is 9.80 Å². The smallest absolute Gasteiger partial charge is 0.0702 e. The van der Waals surface area contributed by atoms with Gasteiger partial charge in [0.25, 0.3) is 0 Å². The highest BCUT2D eigenvalue weighted by molar-refractivity contribution is 4.81. The number of ether oxygens (including phenoxy) is 1. The maximum atomic E-state index is 9.24. The predicted octanol–water partition coefficient (Wildman–Crippen LogP) is -0.226. The van der Waals surface area contributed by atoms with E-state index in [2.05, 4.69) is 16.8 Å². The summed E-state index contributed by atoms with van der Waals surface area (Å²) in [6, 6.07) is 0.306. The van der Waals surface area contributed by atoms with Gasteiger partial charge in [-0.3, -0.25) is 9.80 Å². The summed E-state index contributed by atoms with van der Waals surface area (Å²) < 4.78 is 5.63. The molecule has 0 radical (unpaired) electrons. The van der Waals surface area contributed by atoms with Crippen molar-refractivity contribution in [3.8, 4) is 0 Å². The minimum Gasteiger partial charge on any atom is -0.395 e. The molecule has 0 saturated carbocycles. The molecule has 2 saturated heterocycles. The first-order valence-electron chi connectivity index (χ1n) is 5.94. The van der Waals surface area contributed by atoms with Gasteiger partial charge in [-0.1, -0.05) is 0 Å². The van der Waals surface area contributed by atoms with Crippen LogP contribution in [0, 0.1) is 0 Å². The average molecular weight is 214 g/mol. The van der Waals surface area contributed by atoms with Crippen molar-refractivity contribution < 1.29 is 9.84 Å². The topological polar surface area (TPSA) is 35.9 Å². The average Bonchev–Trinajstić information content (AvgIpc) is 2.73. The van der Waals surface area contributed by atoms with Gasteiger partial charge in [0, 0.05) is 38.8 Å². The third-order valence-corrected chi connectivity index (χ3v) is 3.56. The first-order valence-corrected chi connectivity index (χ1v) is 5.94. The molecule has 4 heteroatoms. The van der Waals surface area contributed by atoms with Gasteiger partial charge in [0.2, 0.25) is 0 Å². The number of piperazine rings is 1. The quantitative estimate of drug-likeness (QED) is 0.704. The Bertz CT molecular complexity index is 193. The van der Waals surface area contributed by atoms with E-state index in [0.29, 0.717) is 12.1 Å². The highest BCUT2D eigenvalue weighted by Gasteiger charge is 2.26. The highest BCUT2D eigenvalue weighted by atomic mass is 16.5. The normalized spacial score (nSPS) is 34.8. The molecule has 0 bridgehead atoms. The number of hydrogen-bond acceptors (Lipinski definition) is 4. The lowest BCUT2D eigenvalue weighted by Gasteiger charge is -2.39. The van der Waals surface area contributed by atoms with E-state index in [4.69, 9.17) is 4.74 Å². The van der Waals surface area contributed by atoms with E-state index in [1.54, 1.807) is 0 Å². The molecule has 2 rings (SSSR count). The number of hydrogen-bond donors (Lipinski definition) is 1. The molecule has 4 nitrogen and oxygen atoms in total. The van der Waals surface area contributed by atoms with Gasteiger partial charge in [-0.15, -0.1) is 0 Å². The van der Waals surface area contributed by atoms with E-state index >= 15 is 0 Å². The highest BCUT2D eigenvalue weighted by Crippen LogP contribution is 2.15. The molecule has 2 aliphatic rings. The number of nitrogens with zero attached hydrogens (tertiary/aromatic N) is 2. The van der Waals surface area contributed by atoms with Crippen molar-refractivity contribution >= 4 is 0 Å². The standard InChI is InChI=1S/C11H22N2O2/c1-12-4-5-13(7-10(12)9-14)8-11-3-2-6-15-11/h10-11,14H,2-9H2,1H3. The van der Waals surface area contributed by atoms with Crippen LogP contribution in [0.4, 0.5) is 0 Å². The maximum absolute atomic E-state index is 9.24. The second-order valence-electron chi connectivity index (χ2n) is 4.71. The number of rotatable bonds is 3. The summed E-state index contributed by atoms with van der Waals surface area (Å²) in [5.74, 6) is 0. The summed E-state index contributed by atoms with van der Waals surface area (Å²) in [6.45, 7) is 5.38. The molecule has 1 N–H and O–H groups in total. The molecule has 88 valence electrons. The zero-order valence-corrected chi connectivity index (χ0v) is 9.56. The minimum absolute atomic E-state index is 0.262. The Morgan fingerprint density at radius 3 is 2.93 bits per heavy atom. The van der Waals surface area contributed by atoms with Crippen LogP contribution >= 0.6 is 0 Å². The molecule has 15 heavy (non-hydrogen) atoms.